The van der Waals surface area contributed by atoms with Crippen LogP contribution in [0.15, 0.2) is 65.6 Å². The predicted octanol–water partition coefficient (Wildman–Crippen LogP) is 2.75. The third-order valence-electron chi connectivity index (χ3n) is 3.77. The van der Waals surface area contributed by atoms with Gasteiger partial charge in [0.25, 0.3) is 10.0 Å². The van der Waals surface area contributed by atoms with Crippen molar-refractivity contribution in [1.82, 2.24) is 4.90 Å². The largest absolute Gasteiger partial charge is 0.342 e. The van der Waals surface area contributed by atoms with E-state index in [2.05, 4.69) is 0 Å². The van der Waals surface area contributed by atoms with Crippen molar-refractivity contribution in [3.8, 4) is 0 Å². The van der Waals surface area contributed by atoms with Crippen LogP contribution in [0.4, 0.5) is 5.69 Å². The zero-order valence-electron chi connectivity index (χ0n) is 13.9. The number of nitrogens with zero attached hydrogens (tertiary/aromatic N) is 2. The van der Waals surface area contributed by atoms with Crippen LogP contribution in [-0.4, -0.2) is 38.9 Å². The van der Waals surface area contributed by atoms with Crippen molar-refractivity contribution in [1.29, 1.82) is 0 Å². The van der Waals surface area contributed by atoms with Crippen LogP contribution in [0.2, 0.25) is 0 Å². The zero-order valence-corrected chi connectivity index (χ0v) is 14.7. The molecule has 0 atom stereocenters. The molecule has 2 aromatic rings. The van der Waals surface area contributed by atoms with Crippen LogP contribution in [0.1, 0.15) is 13.8 Å². The number of anilines is 1. The molecule has 0 unspecified atom stereocenters. The van der Waals surface area contributed by atoms with E-state index in [0.29, 0.717) is 18.8 Å². The molecule has 0 heterocycles. The minimum absolute atomic E-state index is 0.168. The van der Waals surface area contributed by atoms with Gasteiger partial charge in [0.1, 0.15) is 6.54 Å². The number of hydrogen-bond acceptors (Lipinski definition) is 3. The van der Waals surface area contributed by atoms with Crippen molar-refractivity contribution in [2.75, 3.05) is 23.9 Å². The van der Waals surface area contributed by atoms with Crippen molar-refractivity contribution >= 4 is 21.6 Å². The average molecular weight is 346 g/mol. The van der Waals surface area contributed by atoms with Gasteiger partial charge in [-0.1, -0.05) is 36.4 Å². The van der Waals surface area contributed by atoms with Crippen molar-refractivity contribution < 1.29 is 13.2 Å². The molecule has 0 aliphatic rings. The fourth-order valence-electron chi connectivity index (χ4n) is 2.43. The number of hydrogen-bond donors (Lipinski definition) is 0. The molecule has 1 amide bonds. The summed E-state index contributed by atoms with van der Waals surface area (Å²) in [5.41, 5.74) is 0.474. The van der Waals surface area contributed by atoms with Gasteiger partial charge in [0.05, 0.1) is 10.6 Å². The summed E-state index contributed by atoms with van der Waals surface area (Å²) in [6.07, 6.45) is 0. The van der Waals surface area contributed by atoms with E-state index in [1.54, 1.807) is 47.4 Å². The standard InChI is InChI=1S/C18H22N2O3S/c1-3-19(4-2)18(21)15-20(16-11-7-5-8-12-16)24(22,23)17-13-9-6-10-14-17/h5-14H,3-4,15H2,1-2H3. The van der Waals surface area contributed by atoms with Crippen LogP contribution in [0.3, 0.4) is 0 Å². The van der Waals surface area contributed by atoms with Gasteiger partial charge in [-0.05, 0) is 38.1 Å². The Morgan fingerprint density at radius 1 is 0.875 bits per heavy atom. The molecule has 0 aromatic heterocycles. The third-order valence-corrected chi connectivity index (χ3v) is 5.56. The van der Waals surface area contributed by atoms with Crippen LogP contribution < -0.4 is 4.31 Å². The highest BCUT2D eigenvalue weighted by atomic mass is 32.2. The zero-order chi connectivity index (χ0) is 17.6. The predicted molar refractivity (Wildman–Crippen MR) is 95.3 cm³/mol. The highest BCUT2D eigenvalue weighted by Crippen LogP contribution is 2.23. The van der Waals surface area contributed by atoms with Crippen LogP contribution in [-0.2, 0) is 14.8 Å². The molecule has 0 radical (unpaired) electrons. The van der Waals surface area contributed by atoms with E-state index in [4.69, 9.17) is 0 Å². The van der Waals surface area contributed by atoms with Gasteiger partial charge < -0.3 is 4.90 Å². The van der Waals surface area contributed by atoms with Crippen molar-refractivity contribution in [2.45, 2.75) is 18.7 Å². The fourth-order valence-corrected chi connectivity index (χ4v) is 3.86. The second-order valence-corrected chi connectivity index (χ2v) is 7.09. The van der Waals surface area contributed by atoms with E-state index in [1.807, 2.05) is 19.9 Å². The molecule has 0 spiro atoms. The minimum Gasteiger partial charge on any atom is -0.342 e. The summed E-state index contributed by atoms with van der Waals surface area (Å²) in [6.45, 7) is 4.62. The van der Waals surface area contributed by atoms with E-state index < -0.39 is 10.0 Å². The van der Waals surface area contributed by atoms with E-state index in [-0.39, 0.29) is 17.3 Å². The molecule has 6 heteroatoms. The third kappa shape index (κ3) is 3.94. The summed E-state index contributed by atoms with van der Waals surface area (Å²) in [7, 11) is -3.81. The quantitative estimate of drug-likeness (QED) is 0.774. The minimum atomic E-state index is -3.81. The fraction of sp³-hybridized carbons (Fsp3) is 0.278. The molecule has 2 aromatic carbocycles. The second kappa shape index (κ2) is 7.97. The maximum absolute atomic E-state index is 13.0. The first-order valence-electron chi connectivity index (χ1n) is 7.91. The number of para-hydroxylation sites is 1. The molecule has 0 saturated carbocycles. The summed E-state index contributed by atoms with van der Waals surface area (Å²) in [6, 6.07) is 16.9. The van der Waals surface area contributed by atoms with Gasteiger partial charge in [-0.2, -0.15) is 0 Å². The summed E-state index contributed by atoms with van der Waals surface area (Å²) < 4.78 is 27.2. The Morgan fingerprint density at radius 3 is 1.88 bits per heavy atom. The maximum Gasteiger partial charge on any atom is 0.264 e. The van der Waals surface area contributed by atoms with Crippen LogP contribution >= 0.6 is 0 Å². The smallest absolute Gasteiger partial charge is 0.264 e. The highest BCUT2D eigenvalue weighted by Gasteiger charge is 2.28. The monoisotopic (exact) mass is 346 g/mol. The lowest BCUT2D eigenvalue weighted by molar-refractivity contribution is -0.129. The number of rotatable bonds is 7. The first-order valence-corrected chi connectivity index (χ1v) is 9.35. The Morgan fingerprint density at radius 2 is 1.38 bits per heavy atom. The molecule has 2 rings (SSSR count). The normalized spacial score (nSPS) is 11.1. The molecule has 0 bridgehead atoms. The number of amides is 1. The van der Waals surface area contributed by atoms with Gasteiger partial charge in [0.2, 0.25) is 5.91 Å². The molecule has 128 valence electrons. The van der Waals surface area contributed by atoms with E-state index in [1.165, 1.54) is 16.4 Å². The Hall–Kier alpha value is -2.34. The Balaban J connectivity index is 2.43. The number of sulfonamides is 1. The molecule has 0 saturated heterocycles. The van der Waals surface area contributed by atoms with Crippen LogP contribution in [0.5, 0.6) is 0 Å². The molecule has 24 heavy (non-hydrogen) atoms. The molecule has 0 aliphatic heterocycles. The SMILES string of the molecule is CCN(CC)C(=O)CN(c1ccccc1)S(=O)(=O)c1ccccc1. The van der Waals surface area contributed by atoms with Gasteiger partial charge in [0.15, 0.2) is 0 Å². The summed E-state index contributed by atoms with van der Waals surface area (Å²) in [5.74, 6) is -0.219. The van der Waals surface area contributed by atoms with Gasteiger partial charge in [-0.15, -0.1) is 0 Å². The summed E-state index contributed by atoms with van der Waals surface area (Å²) in [5, 5.41) is 0. The second-order valence-electron chi connectivity index (χ2n) is 5.23. The summed E-state index contributed by atoms with van der Waals surface area (Å²) >= 11 is 0. The highest BCUT2D eigenvalue weighted by molar-refractivity contribution is 7.92. The number of benzene rings is 2. The van der Waals surface area contributed by atoms with Crippen molar-refractivity contribution in [3.05, 3.63) is 60.7 Å². The molecular formula is C18H22N2O3S. The lowest BCUT2D eigenvalue weighted by atomic mass is 10.3. The van der Waals surface area contributed by atoms with Gasteiger partial charge in [-0.25, -0.2) is 8.42 Å². The van der Waals surface area contributed by atoms with Gasteiger partial charge in [-0.3, -0.25) is 9.10 Å². The lowest BCUT2D eigenvalue weighted by Gasteiger charge is -2.27. The number of carbonyl (C=O) groups excluding carboxylic acids is 1. The first kappa shape index (κ1) is 18.0. The molecule has 0 fully saturated rings. The molecule has 5 nitrogen and oxygen atoms in total. The van der Waals surface area contributed by atoms with Crippen LogP contribution in [0, 0.1) is 0 Å². The summed E-state index contributed by atoms with van der Waals surface area (Å²) in [4.78, 5) is 14.3. The topological polar surface area (TPSA) is 57.7 Å². The number of likely N-dealkylation sites (N-methyl/N-ethyl adjacent to an activating group) is 1. The Labute approximate surface area is 143 Å². The van der Waals surface area contributed by atoms with Gasteiger partial charge >= 0.3 is 0 Å². The van der Waals surface area contributed by atoms with E-state index in [0.717, 1.165) is 0 Å². The first-order chi connectivity index (χ1) is 11.5. The average Bonchev–Trinajstić information content (AvgIpc) is 2.62. The lowest BCUT2D eigenvalue weighted by Crippen LogP contribution is -2.43. The van der Waals surface area contributed by atoms with Crippen LogP contribution in [0.25, 0.3) is 0 Å². The maximum atomic E-state index is 13.0. The van der Waals surface area contributed by atoms with Crippen molar-refractivity contribution in [2.24, 2.45) is 0 Å². The molecular weight excluding hydrogens is 324 g/mol. The van der Waals surface area contributed by atoms with Gasteiger partial charge in [0, 0.05) is 13.1 Å². The number of carbonyl (C=O) groups is 1. The van der Waals surface area contributed by atoms with E-state index in [9.17, 15) is 13.2 Å². The Bertz CT molecular complexity index is 757. The molecule has 0 N–H and O–H groups in total. The van der Waals surface area contributed by atoms with Crippen molar-refractivity contribution in [3.63, 3.8) is 0 Å². The van der Waals surface area contributed by atoms with E-state index >= 15 is 0 Å². The molecule has 0 aliphatic carbocycles. The Kier molecular flexibility index (Phi) is 5.98.